The Morgan fingerprint density at radius 1 is 1.07 bits per heavy atom. The van der Waals surface area contributed by atoms with Crippen molar-refractivity contribution in [1.29, 1.82) is 0 Å². The van der Waals surface area contributed by atoms with Crippen LogP contribution in [0.5, 0.6) is 0 Å². The summed E-state index contributed by atoms with van der Waals surface area (Å²) in [6.07, 6.45) is 3.52. The third-order valence-corrected chi connectivity index (χ3v) is 8.04. The topological polar surface area (TPSA) is 58.4 Å². The number of sulfonamides is 1. The van der Waals surface area contributed by atoms with E-state index in [1.54, 1.807) is 22.6 Å². The van der Waals surface area contributed by atoms with E-state index < -0.39 is 10.0 Å². The Kier molecular flexibility index (Phi) is 5.30. The molecule has 3 aromatic rings. The molecule has 0 saturated carbocycles. The molecule has 4 rings (SSSR count). The Labute approximate surface area is 173 Å². The quantitative estimate of drug-likeness (QED) is 0.595. The minimum Gasteiger partial charge on any atom is -0.306 e. The number of hydrogen-bond acceptors (Lipinski definition) is 4. The summed E-state index contributed by atoms with van der Waals surface area (Å²) in [6.45, 7) is 1.12. The average molecular weight is 463 g/mol. The lowest BCUT2D eigenvalue weighted by molar-refractivity contribution is 0.196. The van der Waals surface area contributed by atoms with Crippen molar-refractivity contribution in [2.24, 2.45) is 0 Å². The first-order chi connectivity index (χ1) is 13.4. The van der Waals surface area contributed by atoms with Gasteiger partial charge >= 0.3 is 0 Å². The Balaban J connectivity index is 1.58. The maximum absolute atomic E-state index is 13.0. The first-order valence-electron chi connectivity index (χ1n) is 9.27. The summed E-state index contributed by atoms with van der Waals surface area (Å²) < 4.78 is 30.4. The highest BCUT2D eigenvalue weighted by molar-refractivity contribution is 9.10. The lowest BCUT2D eigenvalue weighted by Gasteiger charge is -2.34. The predicted molar refractivity (Wildman–Crippen MR) is 114 cm³/mol. The molecule has 0 N–H and O–H groups in total. The van der Waals surface area contributed by atoms with E-state index in [1.807, 2.05) is 49.1 Å². The van der Waals surface area contributed by atoms with Gasteiger partial charge in [-0.15, -0.1) is 0 Å². The lowest BCUT2D eigenvalue weighted by Crippen LogP contribution is -2.44. The molecule has 0 bridgehead atoms. The molecule has 0 atom stereocenters. The van der Waals surface area contributed by atoms with Crippen molar-refractivity contribution in [3.8, 4) is 5.69 Å². The fourth-order valence-electron chi connectivity index (χ4n) is 3.73. The largest absolute Gasteiger partial charge is 0.306 e. The maximum Gasteiger partial charge on any atom is 0.243 e. The van der Waals surface area contributed by atoms with E-state index in [4.69, 9.17) is 0 Å². The number of halogens is 1. The van der Waals surface area contributed by atoms with Gasteiger partial charge < -0.3 is 4.90 Å². The molecule has 0 aliphatic carbocycles. The molecule has 0 radical (unpaired) electrons. The van der Waals surface area contributed by atoms with Crippen LogP contribution in [0.2, 0.25) is 0 Å². The number of nitrogens with zero attached hydrogens (tertiary/aromatic N) is 4. The van der Waals surface area contributed by atoms with Gasteiger partial charge in [0.2, 0.25) is 10.0 Å². The van der Waals surface area contributed by atoms with Gasteiger partial charge in [-0.1, -0.05) is 22.0 Å². The minimum atomic E-state index is -3.47. The van der Waals surface area contributed by atoms with Crippen LogP contribution in [0.25, 0.3) is 16.6 Å². The van der Waals surface area contributed by atoms with E-state index in [2.05, 4.69) is 25.9 Å². The molecular formula is C20H23BrN4O2S. The van der Waals surface area contributed by atoms with E-state index in [9.17, 15) is 8.42 Å². The van der Waals surface area contributed by atoms with Crippen LogP contribution in [-0.4, -0.2) is 60.6 Å². The summed E-state index contributed by atoms with van der Waals surface area (Å²) in [4.78, 5) is 2.50. The molecule has 2 heterocycles. The highest BCUT2D eigenvalue weighted by Crippen LogP contribution is 2.27. The van der Waals surface area contributed by atoms with Crippen LogP contribution in [0.3, 0.4) is 0 Å². The van der Waals surface area contributed by atoms with Gasteiger partial charge in [0.15, 0.2) is 0 Å². The second-order valence-corrected chi connectivity index (χ2v) is 10.1. The minimum absolute atomic E-state index is 0.331. The third kappa shape index (κ3) is 3.50. The average Bonchev–Trinajstić information content (AvgIpc) is 3.14. The first kappa shape index (κ1) is 19.6. The fraction of sp³-hybridized carbons (Fsp3) is 0.350. The maximum atomic E-state index is 13.0. The predicted octanol–water partition coefficient (Wildman–Crippen LogP) is 3.50. The van der Waals surface area contributed by atoms with E-state index in [0.717, 1.165) is 33.9 Å². The number of rotatable bonds is 4. The Hall–Kier alpha value is -1.74. The SMILES string of the molecule is CN(C)C1CCN(S(=O)(=O)c2ccc(-n3ncc4c(Br)cccc43)cc2)CC1. The van der Waals surface area contributed by atoms with Crippen molar-refractivity contribution in [3.05, 3.63) is 53.1 Å². The molecule has 1 aromatic heterocycles. The van der Waals surface area contributed by atoms with E-state index in [-0.39, 0.29) is 0 Å². The van der Waals surface area contributed by atoms with Crippen molar-refractivity contribution < 1.29 is 8.42 Å². The number of benzene rings is 2. The van der Waals surface area contributed by atoms with Crippen molar-refractivity contribution in [3.63, 3.8) is 0 Å². The molecule has 1 fully saturated rings. The molecule has 0 amide bonds. The molecule has 1 saturated heterocycles. The molecule has 6 nitrogen and oxygen atoms in total. The van der Waals surface area contributed by atoms with Gasteiger partial charge in [-0.2, -0.15) is 9.40 Å². The van der Waals surface area contributed by atoms with E-state index >= 15 is 0 Å². The summed E-state index contributed by atoms with van der Waals surface area (Å²) in [7, 11) is 0.625. The summed E-state index contributed by atoms with van der Waals surface area (Å²) in [5.41, 5.74) is 1.80. The summed E-state index contributed by atoms with van der Waals surface area (Å²) >= 11 is 3.54. The van der Waals surface area contributed by atoms with Crippen molar-refractivity contribution >= 4 is 36.9 Å². The summed E-state index contributed by atoms with van der Waals surface area (Å²) in [6, 6.07) is 13.3. The van der Waals surface area contributed by atoms with Crippen molar-refractivity contribution in [2.75, 3.05) is 27.2 Å². The highest BCUT2D eigenvalue weighted by atomic mass is 79.9. The van der Waals surface area contributed by atoms with Crippen LogP contribution >= 0.6 is 15.9 Å². The zero-order valence-electron chi connectivity index (χ0n) is 15.9. The molecule has 28 heavy (non-hydrogen) atoms. The molecule has 0 unspecified atom stereocenters. The molecule has 1 aliphatic rings. The molecule has 0 spiro atoms. The van der Waals surface area contributed by atoms with Crippen LogP contribution in [0.15, 0.2) is 58.0 Å². The first-order valence-corrected chi connectivity index (χ1v) is 11.5. The van der Waals surface area contributed by atoms with Crippen LogP contribution in [-0.2, 0) is 10.0 Å². The second-order valence-electron chi connectivity index (χ2n) is 7.32. The lowest BCUT2D eigenvalue weighted by atomic mass is 10.1. The van der Waals surface area contributed by atoms with Gasteiger partial charge in [-0.25, -0.2) is 13.1 Å². The fourth-order valence-corrected chi connectivity index (χ4v) is 5.66. The van der Waals surface area contributed by atoms with Crippen LogP contribution in [0.4, 0.5) is 0 Å². The zero-order valence-corrected chi connectivity index (χ0v) is 18.3. The molecule has 148 valence electrons. The van der Waals surface area contributed by atoms with Crippen molar-refractivity contribution in [2.45, 2.75) is 23.8 Å². The van der Waals surface area contributed by atoms with Gasteiger partial charge in [-0.3, -0.25) is 0 Å². The summed E-state index contributed by atoms with van der Waals surface area (Å²) in [5.74, 6) is 0. The number of aromatic nitrogens is 2. The molecule has 8 heteroatoms. The second kappa shape index (κ2) is 7.59. The number of piperidine rings is 1. The molecule has 1 aliphatic heterocycles. The van der Waals surface area contributed by atoms with Gasteiger partial charge in [-0.05, 0) is 63.3 Å². The molecule has 2 aromatic carbocycles. The van der Waals surface area contributed by atoms with Gasteiger partial charge in [0, 0.05) is 29.0 Å². The number of fused-ring (bicyclic) bond motifs is 1. The number of hydrogen-bond donors (Lipinski definition) is 0. The zero-order chi connectivity index (χ0) is 19.9. The van der Waals surface area contributed by atoms with Crippen LogP contribution in [0.1, 0.15) is 12.8 Å². The normalized spacial score (nSPS) is 16.9. The van der Waals surface area contributed by atoms with Gasteiger partial charge in [0.05, 0.1) is 22.3 Å². The Bertz CT molecular complexity index is 1090. The highest BCUT2D eigenvalue weighted by Gasteiger charge is 2.30. The Morgan fingerprint density at radius 3 is 2.39 bits per heavy atom. The van der Waals surface area contributed by atoms with Crippen molar-refractivity contribution in [1.82, 2.24) is 19.0 Å². The summed E-state index contributed by atoms with van der Waals surface area (Å²) in [5, 5.41) is 5.47. The monoisotopic (exact) mass is 462 g/mol. The van der Waals surface area contributed by atoms with E-state index in [0.29, 0.717) is 24.0 Å². The van der Waals surface area contributed by atoms with Crippen LogP contribution < -0.4 is 0 Å². The molecular weight excluding hydrogens is 440 g/mol. The van der Waals surface area contributed by atoms with Gasteiger partial charge in [0.25, 0.3) is 0 Å². The standard InChI is InChI=1S/C20H23BrN4O2S/c1-23(2)15-10-12-24(13-11-15)28(26,27)17-8-6-16(7-9-17)25-20-5-3-4-19(21)18(20)14-22-25/h3-9,14-15H,10-13H2,1-2H3. The van der Waals surface area contributed by atoms with Gasteiger partial charge in [0.1, 0.15) is 0 Å². The Morgan fingerprint density at radius 2 is 1.75 bits per heavy atom. The van der Waals surface area contributed by atoms with E-state index in [1.165, 1.54) is 0 Å². The van der Waals surface area contributed by atoms with Crippen LogP contribution in [0, 0.1) is 0 Å². The smallest absolute Gasteiger partial charge is 0.243 e. The third-order valence-electron chi connectivity index (χ3n) is 5.43.